The predicted octanol–water partition coefficient (Wildman–Crippen LogP) is 5.01. The second kappa shape index (κ2) is 5.57. The van der Waals surface area contributed by atoms with E-state index in [4.69, 9.17) is 16.3 Å². The number of aryl methyl sites for hydroxylation is 1. The van der Waals surface area contributed by atoms with Crippen LogP contribution >= 0.6 is 27.5 Å². The first-order valence-corrected chi connectivity index (χ1v) is 6.48. The molecule has 2 rings (SSSR count). The summed E-state index contributed by atoms with van der Waals surface area (Å²) in [5.41, 5.74) is 0.874. The number of hydrogen-bond donors (Lipinski definition) is 0. The molecule has 0 fully saturated rings. The van der Waals surface area contributed by atoms with Gasteiger partial charge in [-0.05, 0) is 30.7 Å². The van der Waals surface area contributed by atoms with Gasteiger partial charge in [0, 0.05) is 10.5 Å². The Morgan fingerprint density at radius 3 is 2.50 bits per heavy atom. The summed E-state index contributed by atoms with van der Waals surface area (Å²) in [6, 6.07) is 6.10. The molecule has 0 unspecified atom stereocenters. The first-order valence-electron chi connectivity index (χ1n) is 5.31. The highest BCUT2D eigenvalue weighted by molar-refractivity contribution is 9.10. The third-order valence-corrected chi connectivity index (χ3v) is 3.36. The lowest BCUT2D eigenvalue weighted by Crippen LogP contribution is -2.11. The van der Waals surface area contributed by atoms with Crippen molar-refractivity contribution < 1.29 is 17.9 Å². The molecule has 0 saturated carbocycles. The van der Waals surface area contributed by atoms with Crippen LogP contribution in [0.3, 0.4) is 0 Å². The maximum atomic E-state index is 12.6. The number of alkyl halides is 3. The summed E-state index contributed by atoms with van der Waals surface area (Å²) in [4.78, 5) is 6.42. The van der Waals surface area contributed by atoms with Crippen LogP contribution in [0.5, 0.6) is 11.6 Å². The molecule has 0 atom stereocenters. The second-order valence-corrected chi connectivity index (χ2v) is 5.10. The van der Waals surface area contributed by atoms with Gasteiger partial charge in [-0.15, -0.1) is 0 Å². The molecule has 0 spiro atoms. The van der Waals surface area contributed by atoms with E-state index in [2.05, 4.69) is 25.9 Å². The quantitative estimate of drug-likeness (QED) is 0.700. The van der Waals surface area contributed by atoms with Crippen molar-refractivity contribution in [2.45, 2.75) is 13.1 Å². The van der Waals surface area contributed by atoms with Crippen molar-refractivity contribution in [3.63, 3.8) is 0 Å². The van der Waals surface area contributed by atoms with Gasteiger partial charge < -0.3 is 4.74 Å². The van der Waals surface area contributed by atoms with E-state index < -0.39 is 12.0 Å². The van der Waals surface area contributed by atoms with Crippen molar-refractivity contribution in [1.82, 2.24) is 9.97 Å². The minimum absolute atomic E-state index is 0.265. The third-order valence-electron chi connectivity index (χ3n) is 2.28. The molecule has 0 bridgehead atoms. The molecule has 0 aliphatic heterocycles. The molecule has 0 aliphatic carbocycles. The van der Waals surface area contributed by atoms with Crippen molar-refractivity contribution in [3.8, 4) is 11.6 Å². The van der Waals surface area contributed by atoms with Gasteiger partial charge in [0.1, 0.15) is 10.9 Å². The molecule has 3 nitrogen and oxygen atoms in total. The Balaban J connectivity index is 2.33. The maximum absolute atomic E-state index is 12.6. The molecule has 0 saturated heterocycles. The highest BCUT2D eigenvalue weighted by Gasteiger charge is 2.35. The molecule has 1 aromatic heterocycles. The van der Waals surface area contributed by atoms with Crippen LogP contribution in [0.2, 0.25) is 5.15 Å². The van der Waals surface area contributed by atoms with E-state index in [1.807, 2.05) is 6.92 Å². The number of benzene rings is 1. The lowest BCUT2D eigenvalue weighted by atomic mass is 10.2. The van der Waals surface area contributed by atoms with Crippen LogP contribution in [-0.4, -0.2) is 9.97 Å². The van der Waals surface area contributed by atoms with Crippen molar-refractivity contribution in [2.24, 2.45) is 0 Å². The van der Waals surface area contributed by atoms with Gasteiger partial charge in [0.2, 0.25) is 11.7 Å². The molecule has 0 N–H and O–H groups in total. The van der Waals surface area contributed by atoms with Crippen LogP contribution in [-0.2, 0) is 6.18 Å². The summed E-state index contributed by atoms with van der Waals surface area (Å²) in [6.07, 6.45) is -4.68. The summed E-state index contributed by atoms with van der Waals surface area (Å²) < 4.78 is 43.8. The highest BCUT2D eigenvalue weighted by Crippen LogP contribution is 2.31. The summed E-state index contributed by atoms with van der Waals surface area (Å²) in [5, 5.41) is -0.337. The zero-order valence-corrected chi connectivity index (χ0v) is 12.3. The van der Waals surface area contributed by atoms with Gasteiger partial charge in [0.05, 0.1) is 0 Å². The SMILES string of the molecule is Cc1cc(Oc2cc(Cl)nc(C(F)(F)F)n2)ccc1Br. The Morgan fingerprint density at radius 2 is 1.90 bits per heavy atom. The van der Waals surface area contributed by atoms with Gasteiger partial charge >= 0.3 is 6.18 Å². The number of halogens is 5. The van der Waals surface area contributed by atoms with E-state index in [9.17, 15) is 13.2 Å². The third kappa shape index (κ3) is 3.61. The average Bonchev–Trinajstić information content (AvgIpc) is 2.32. The first kappa shape index (κ1) is 15.1. The summed E-state index contributed by atoms with van der Waals surface area (Å²) in [5.74, 6) is -1.25. The van der Waals surface area contributed by atoms with Gasteiger partial charge in [-0.1, -0.05) is 27.5 Å². The average molecular weight is 368 g/mol. The fraction of sp³-hybridized carbons (Fsp3) is 0.167. The second-order valence-electron chi connectivity index (χ2n) is 3.86. The van der Waals surface area contributed by atoms with Gasteiger partial charge in [0.15, 0.2) is 0 Å². The molecule has 8 heteroatoms. The molecule has 0 aliphatic rings. The summed E-state index contributed by atoms with van der Waals surface area (Å²) >= 11 is 8.85. The lowest BCUT2D eigenvalue weighted by molar-refractivity contribution is -0.145. The topological polar surface area (TPSA) is 35.0 Å². The van der Waals surface area contributed by atoms with E-state index in [1.54, 1.807) is 18.2 Å². The van der Waals surface area contributed by atoms with E-state index in [0.717, 1.165) is 16.1 Å². The molecule has 0 amide bonds. The Labute approximate surface area is 125 Å². The van der Waals surface area contributed by atoms with E-state index in [0.29, 0.717) is 5.75 Å². The smallest absolute Gasteiger partial charge is 0.439 e. The van der Waals surface area contributed by atoms with Crippen molar-refractivity contribution in [3.05, 3.63) is 45.3 Å². The van der Waals surface area contributed by atoms with Gasteiger partial charge in [-0.25, -0.2) is 4.98 Å². The van der Waals surface area contributed by atoms with Crippen molar-refractivity contribution in [2.75, 3.05) is 0 Å². The summed E-state index contributed by atoms with van der Waals surface area (Å²) in [6.45, 7) is 1.82. The van der Waals surface area contributed by atoms with Gasteiger partial charge in [-0.3, -0.25) is 0 Å². The predicted molar refractivity (Wildman–Crippen MR) is 71.0 cm³/mol. The number of nitrogens with zero attached hydrogens (tertiary/aromatic N) is 2. The first-order chi connectivity index (χ1) is 9.25. The normalized spacial score (nSPS) is 11.5. The van der Waals surface area contributed by atoms with Crippen LogP contribution in [0, 0.1) is 6.92 Å². The largest absolute Gasteiger partial charge is 0.451 e. The Morgan fingerprint density at radius 1 is 1.20 bits per heavy atom. The molecule has 20 heavy (non-hydrogen) atoms. The standard InChI is InChI=1S/C12H7BrClF3N2O/c1-6-4-7(2-3-8(6)13)20-10-5-9(14)18-11(19-10)12(15,16)17/h2-5H,1H3. The fourth-order valence-electron chi connectivity index (χ4n) is 1.38. The van der Waals surface area contributed by atoms with Crippen molar-refractivity contribution in [1.29, 1.82) is 0 Å². The molecular formula is C12H7BrClF3N2O. The van der Waals surface area contributed by atoms with Crippen LogP contribution in [0.1, 0.15) is 11.4 Å². The van der Waals surface area contributed by atoms with Crippen LogP contribution in [0.25, 0.3) is 0 Å². The van der Waals surface area contributed by atoms with E-state index in [-0.39, 0.29) is 11.0 Å². The number of rotatable bonds is 2. The number of ether oxygens (including phenoxy) is 1. The minimum atomic E-state index is -4.68. The molecule has 1 heterocycles. The molecule has 106 valence electrons. The lowest BCUT2D eigenvalue weighted by Gasteiger charge is -2.09. The molecule has 1 aromatic carbocycles. The number of hydrogen-bond acceptors (Lipinski definition) is 3. The Bertz CT molecular complexity index is 649. The minimum Gasteiger partial charge on any atom is -0.439 e. The highest BCUT2D eigenvalue weighted by atomic mass is 79.9. The van der Waals surface area contributed by atoms with Crippen LogP contribution < -0.4 is 4.74 Å². The fourth-order valence-corrected chi connectivity index (χ4v) is 1.80. The Kier molecular flexibility index (Phi) is 4.19. The van der Waals surface area contributed by atoms with Crippen LogP contribution in [0.15, 0.2) is 28.7 Å². The zero-order chi connectivity index (χ0) is 14.9. The van der Waals surface area contributed by atoms with Crippen LogP contribution in [0.4, 0.5) is 13.2 Å². The zero-order valence-electron chi connectivity index (χ0n) is 10.0. The monoisotopic (exact) mass is 366 g/mol. The summed E-state index contributed by atoms with van der Waals surface area (Å²) in [7, 11) is 0. The Hall–Kier alpha value is -1.34. The van der Waals surface area contributed by atoms with E-state index in [1.165, 1.54) is 0 Å². The maximum Gasteiger partial charge on any atom is 0.451 e. The van der Waals surface area contributed by atoms with Gasteiger partial charge in [0.25, 0.3) is 0 Å². The molecular weight excluding hydrogens is 360 g/mol. The van der Waals surface area contributed by atoms with Crippen molar-refractivity contribution >= 4 is 27.5 Å². The number of aromatic nitrogens is 2. The van der Waals surface area contributed by atoms with Gasteiger partial charge in [-0.2, -0.15) is 18.2 Å². The van der Waals surface area contributed by atoms with E-state index >= 15 is 0 Å². The molecule has 2 aromatic rings. The molecule has 0 radical (unpaired) electrons.